The van der Waals surface area contributed by atoms with Gasteiger partial charge in [-0.1, -0.05) is 19.4 Å². The van der Waals surface area contributed by atoms with E-state index in [1.165, 1.54) is 13.4 Å². The van der Waals surface area contributed by atoms with Crippen LogP contribution in [0.1, 0.15) is 43.1 Å². The summed E-state index contributed by atoms with van der Waals surface area (Å²) in [4.78, 5) is 17.3. The minimum absolute atomic E-state index is 0.361. The molecule has 0 saturated carbocycles. The van der Waals surface area contributed by atoms with E-state index in [0.717, 1.165) is 18.7 Å². The number of carbonyl (C=O) groups is 1. The first-order chi connectivity index (χ1) is 12.2. The van der Waals surface area contributed by atoms with Crippen LogP contribution in [0.3, 0.4) is 0 Å². The number of unbranched alkanes of at least 4 members (excludes halogenated alkanes) is 1. The molecule has 0 bridgehead atoms. The summed E-state index contributed by atoms with van der Waals surface area (Å²) in [6.07, 6.45) is 4.30. The Morgan fingerprint density at radius 3 is 3.04 bits per heavy atom. The van der Waals surface area contributed by atoms with Crippen LogP contribution in [-0.2, 0) is 21.5 Å². The Morgan fingerprint density at radius 2 is 2.32 bits per heavy atom. The van der Waals surface area contributed by atoms with E-state index >= 15 is 0 Å². The number of nitriles is 1. The smallest absolute Gasteiger partial charge is 0.338 e. The van der Waals surface area contributed by atoms with Crippen molar-refractivity contribution in [3.63, 3.8) is 0 Å². The Kier molecular flexibility index (Phi) is 4.70. The Bertz CT molecular complexity index is 824. The third-order valence-electron chi connectivity index (χ3n) is 4.54. The van der Waals surface area contributed by atoms with Gasteiger partial charge in [-0.05, 0) is 25.0 Å². The number of hydrogen-bond donors (Lipinski definition) is 0. The van der Waals surface area contributed by atoms with Crippen molar-refractivity contribution in [3.8, 4) is 11.8 Å². The number of aryl methyl sites for hydroxylation is 1. The maximum atomic E-state index is 13.1. The third kappa shape index (κ3) is 2.74. The fraction of sp³-hybridized carbons (Fsp3) is 0.444. The molecule has 7 heteroatoms. The summed E-state index contributed by atoms with van der Waals surface area (Å²) in [6.45, 7) is 2.40. The lowest BCUT2D eigenvalue weighted by Crippen LogP contribution is -2.43. The van der Waals surface area contributed by atoms with Crippen molar-refractivity contribution in [1.82, 2.24) is 14.8 Å². The predicted octanol–water partition coefficient (Wildman–Crippen LogP) is 2.19. The van der Waals surface area contributed by atoms with Crippen LogP contribution in [0.5, 0.6) is 5.75 Å². The van der Waals surface area contributed by atoms with Crippen LogP contribution in [0.2, 0.25) is 0 Å². The van der Waals surface area contributed by atoms with Gasteiger partial charge in [0.05, 0.1) is 25.3 Å². The van der Waals surface area contributed by atoms with Crippen LogP contribution in [0.4, 0.5) is 0 Å². The van der Waals surface area contributed by atoms with Crippen molar-refractivity contribution in [2.24, 2.45) is 0 Å². The van der Waals surface area contributed by atoms with Gasteiger partial charge in [0.25, 0.3) is 0 Å². The van der Waals surface area contributed by atoms with Crippen molar-refractivity contribution >= 4 is 5.97 Å². The van der Waals surface area contributed by atoms with E-state index in [1.54, 1.807) is 22.9 Å². The fourth-order valence-electron chi connectivity index (χ4n) is 3.23. The van der Waals surface area contributed by atoms with Gasteiger partial charge in [-0.3, -0.25) is 0 Å². The first-order valence-electron chi connectivity index (χ1n) is 8.32. The van der Waals surface area contributed by atoms with Crippen LogP contribution in [0, 0.1) is 11.3 Å². The number of carbonyl (C=O) groups excluding carboxylic acids is 1. The summed E-state index contributed by atoms with van der Waals surface area (Å²) in [5.41, 5.74) is -0.00881. The molecule has 2 aromatic rings. The van der Waals surface area contributed by atoms with Crippen molar-refractivity contribution in [1.29, 1.82) is 5.26 Å². The molecule has 3 rings (SSSR count). The van der Waals surface area contributed by atoms with Gasteiger partial charge >= 0.3 is 5.97 Å². The molecule has 0 aliphatic carbocycles. The van der Waals surface area contributed by atoms with Gasteiger partial charge in [0.15, 0.2) is 5.54 Å². The molecule has 2 heterocycles. The topological polar surface area (TPSA) is 90.0 Å². The van der Waals surface area contributed by atoms with Gasteiger partial charge < -0.3 is 9.47 Å². The number of methoxy groups -OCH3 is 1. The molecule has 7 nitrogen and oxygen atoms in total. The number of aromatic nitrogens is 3. The summed E-state index contributed by atoms with van der Waals surface area (Å²) in [5.74, 6) is 0.835. The van der Waals surface area contributed by atoms with E-state index in [0.29, 0.717) is 36.3 Å². The maximum absolute atomic E-state index is 13.1. The lowest BCUT2D eigenvalue weighted by atomic mass is 9.86. The number of ether oxygens (including phenoxy) is 2. The molecular weight excluding hydrogens is 320 g/mol. The maximum Gasteiger partial charge on any atom is 0.338 e. The molecule has 1 aromatic carbocycles. The molecule has 1 unspecified atom stereocenters. The van der Waals surface area contributed by atoms with E-state index in [1.807, 2.05) is 6.92 Å². The zero-order chi connectivity index (χ0) is 17.9. The molecule has 0 amide bonds. The largest absolute Gasteiger partial charge is 0.496 e. The number of hydrogen-bond acceptors (Lipinski definition) is 6. The quantitative estimate of drug-likeness (QED) is 0.591. The van der Waals surface area contributed by atoms with Gasteiger partial charge in [-0.25, -0.2) is 14.5 Å². The minimum atomic E-state index is -1.11. The number of nitrogens with zero attached hydrogens (tertiary/aromatic N) is 4. The van der Waals surface area contributed by atoms with Crippen molar-refractivity contribution in [2.75, 3.05) is 13.7 Å². The molecule has 0 spiro atoms. The molecule has 25 heavy (non-hydrogen) atoms. The Hall–Kier alpha value is -2.88. The molecule has 1 aliphatic heterocycles. The first kappa shape index (κ1) is 17.0. The molecule has 1 aromatic heterocycles. The predicted molar refractivity (Wildman–Crippen MR) is 89.0 cm³/mol. The average molecular weight is 340 g/mol. The van der Waals surface area contributed by atoms with E-state index in [4.69, 9.17) is 14.7 Å². The molecule has 0 radical (unpaired) electrons. The molecule has 1 atom stereocenters. The molecule has 0 saturated heterocycles. The highest BCUT2D eigenvalue weighted by Gasteiger charge is 2.51. The highest BCUT2D eigenvalue weighted by Crippen LogP contribution is 2.42. The van der Waals surface area contributed by atoms with Crippen LogP contribution < -0.4 is 4.74 Å². The van der Waals surface area contributed by atoms with Gasteiger partial charge in [0.2, 0.25) is 0 Å². The normalized spacial score (nSPS) is 18.4. The van der Waals surface area contributed by atoms with Crippen LogP contribution in [0.25, 0.3) is 0 Å². The second-order valence-electron chi connectivity index (χ2n) is 5.96. The minimum Gasteiger partial charge on any atom is -0.496 e. The third-order valence-corrected chi connectivity index (χ3v) is 4.54. The highest BCUT2D eigenvalue weighted by atomic mass is 16.5. The van der Waals surface area contributed by atoms with Crippen LogP contribution in [-0.4, -0.2) is 34.5 Å². The monoisotopic (exact) mass is 340 g/mol. The average Bonchev–Trinajstić information content (AvgIpc) is 3.24. The number of esters is 1. The molecule has 0 fully saturated rings. The number of benzene rings is 1. The zero-order valence-corrected chi connectivity index (χ0v) is 14.4. The van der Waals surface area contributed by atoms with Gasteiger partial charge in [0, 0.05) is 12.0 Å². The van der Waals surface area contributed by atoms with E-state index < -0.39 is 5.54 Å². The lowest BCUT2D eigenvalue weighted by molar-refractivity contribution is -0.152. The number of fused-ring (bicyclic) bond motifs is 1. The summed E-state index contributed by atoms with van der Waals surface area (Å²) in [6, 6.07) is 7.14. The van der Waals surface area contributed by atoms with Crippen LogP contribution in [0.15, 0.2) is 24.5 Å². The molecular formula is C18H20N4O3. The summed E-state index contributed by atoms with van der Waals surface area (Å²) in [7, 11) is 1.52. The van der Waals surface area contributed by atoms with Crippen LogP contribution >= 0.6 is 0 Å². The summed E-state index contributed by atoms with van der Waals surface area (Å²) < 4.78 is 12.7. The van der Waals surface area contributed by atoms with Crippen molar-refractivity contribution < 1.29 is 14.3 Å². The van der Waals surface area contributed by atoms with Gasteiger partial charge in [-0.15, -0.1) is 0 Å². The SMILES string of the molecule is CCCCOC(=O)C1(c2ccc(C#N)cc2OC)CCc2ncnn21. The van der Waals surface area contributed by atoms with E-state index in [9.17, 15) is 4.79 Å². The zero-order valence-electron chi connectivity index (χ0n) is 14.4. The van der Waals surface area contributed by atoms with Crippen molar-refractivity contribution in [2.45, 2.75) is 38.1 Å². The Labute approximate surface area is 146 Å². The van der Waals surface area contributed by atoms with E-state index in [-0.39, 0.29) is 5.97 Å². The van der Waals surface area contributed by atoms with Gasteiger partial charge in [0.1, 0.15) is 17.9 Å². The van der Waals surface area contributed by atoms with E-state index in [2.05, 4.69) is 16.2 Å². The van der Waals surface area contributed by atoms with Crippen molar-refractivity contribution in [3.05, 3.63) is 41.5 Å². The Morgan fingerprint density at radius 1 is 1.48 bits per heavy atom. The fourth-order valence-corrected chi connectivity index (χ4v) is 3.23. The van der Waals surface area contributed by atoms with Gasteiger partial charge in [-0.2, -0.15) is 10.4 Å². The standard InChI is InChI=1S/C18H20N4O3/c1-3-4-9-25-17(23)18(8-7-16-20-12-21-22(16)18)14-6-5-13(11-19)10-15(14)24-2/h5-6,10,12H,3-4,7-9H2,1-2H3. The molecule has 1 aliphatic rings. The second-order valence-corrected chi connectivity index (χ2v) is 5.96. The first-order valence-corrected chi connectivity index (χ1v) is 8.32. The second kappa shape index (κ2) is 6.93. The lowest BCUT2D eigenvalue weighted by Gasteiger charge is -2.29. The number of rotatable bonds is 6. The molecule has 130 valence electrons. The molecule has 0 N–H and O–H groups in total. The Balaban J connectivity index is 2.11. The summed E-state index contributed by atoms with van der Waals surface area (Å²) in [5, 5.41) is 13.4. The highest BCUT2D eigenvalue weighted by molar-refractivity contribution is 5.85. The summed E-state index contributed by atoms with van der Waals surface area (Å²) >= 11 is 0.